The predicted molar refractivity (Wildman–Crippen MR) is 65.2 cm³/mol. The molecule has 0 bridgehead atoms. The van der Waals surface area contributed by atoms with Crippen molar-refractivity contribution in [1.82, 2.24) is 0 Å². The summed E-state index contributed by atoms with van der Waals surface area (Å²) in [5.41, 5.74) is 1.28. The first-order valence-corrected chi connectivity index (χ1v) is 5.54. The van der Waals surface area contributed by atoms with Crippen LogP contribution >= 0.6 is 0 Å². The summed E-state index contributed by atoms with van der Waals surface area (Å²) in [6.07, 6.45) is 1.54. The highest BCUT2D eigenvalue weighted by molar-refractivity contribution is 5.97. The zero-order chi connectivity index (χ0) is 13.0. The third-order valence-corrected chi connectivity index (χ3v) is 2.63. The smallest absolute Gasteiger partial charge is 0.201 e. The van der Waals surface area contributed by atoms with Gasteiger partial charge in [0.15, 0.2) is 17.3 Å². The Morgan fingerprint density at radius 3 is 2.41 bits per heavy atom. The van der Waals surface area contributed by atoms with E-state index in [1.165, 1.54) is 21.1 Å². The van der Waals surface area contributed by atoms with Crippen LogP contribution in [-0.2, 0) is 6.42 Å². The van der Waals surface area contributed by atoms with Gasteiger partial charge < -0.3 is 14.6 Å². The molecule has 1 rings (SSSR count). The van der Waals surface area contributed by atoms with Gasteiger partial charge in [0.2, 0.25) is 5.75 Å². The molecule has 0 amide bonds. The summed E-state index contributed by atoms with van der Waals surface area (Å²) in [6.45, 7) is 3.50. The van der Waals surface area contributed by atoms with E-state index < -0.39 is 0 Å². The normalized spacial score (nSPS) is 10.1. The molecule has 1 aromatic carbocycles. The molecule has 0 radical (unpaired) electrons. The topological polar surface area (TPSA) is 55.8 Å². The molecule has 0 aliphatic rings. The van der Waals surface area contributed by atoms with Gasteiger partial charge in [-0.2, -0.15) is 0 Å². The Hall–Kier alpha value is -1.71. The van der Waals surface area contributed by atoms with E-state index in [1.807, 2.05) is 6.92 Å². The van der Waals surface area contributed by atoms with Crippen LogP contribution in [0.3, 0.4) is 0 Å². The summed E-state index contributed by atoms with van der Waals surface area (Å²) >= 11 is 0. The largest absolute Gasteiger partial charge is 0.502 e. The van der Waals surface area contributed by atoms with Gasteiger partial charge in [0.25, 0.3) is 0 Å². The fraction of sp³-hybridized carbons (Fsp3) is 0.462. The van der Waals surface area contributed by atoms with Crippen LogP contribution in [0.25, 0.3) is 0 Å². The first-order chi connectivity index (χ1) is 8.06. The minimum atomic E-state index is -0.0648. The first-order valence-electron chi connectivity index (χ1n) is 5.54. The minimum Gasteiger partial charge on any atom is -0.502 e. The zero-order valence-corrected chi connectivity index (χ0v) is 10.7. The lowest BCUT2D eigenvalue weighted by atomic mass is 9.98. The second-order valence-electron chi connectivity index (χ2n) is 3.79. The molecule has 1 N–H and O–H groups in total. The second kappa shape index (κ2) is 5.57. The lowest BCUT2D eigenvalue weighted by molar-refractivity contribution is 0.101. The maximum atomic E-state index is 11.6. The van der Waals surface area contributed by atoms with E-state index in [4.69, 9.17) is 9.47 Å². The van der Waals surface area contributed by atoms with E-state index >= 15 is 0 Å². The quantitative estimate of drug-likeness (QED) is 0.801. The number of benzene rings is 1. The van der Waals surface area contributed by atoms with Gasteiger partial charge in [-0.15, -0.1) is 0 Å². The van der Waals surface area contributed by atoms with Crippen molar-refractivity contribution in [2.24, 2.45) is 0 Å². The molecular weight excluding hydrogens is 220 g/mol. The molecule has 17 heavy (non-hydrogen) atoms. The van der Waals surface area contributed by atoms with Crippen LogP contribution in [0.2, 0.25) is 0 Å². The van der Waals surface area contributed by atoms with Crippen molar-refractivity contribution in [3.63, 3.8) is 0 Å². The van der Waals surface area contributed by atoms with Gasteiger partial charge >= 0.3 is 0 Å². The Morgan fingerprint density at radius 2 is 2.00 bits per heavy atom. The standard InChI is InChI=1S/C13H18O4/c1-5-6-9-10(8(2)14)7-11(16-3)12(15)13(9)17-4/h7,15H,5-6H2,1-4H3. The second-order valence-corrected chi connectivity index (χ2v) is 3.79. The number of phenolic OH excluding ortho intramolecular Hbond substituents is 1. The number of ether oxygens (including phenoxy) is 2. The van der Waals surface area contributed by atoms with Crippen LogP contribution in [0.15, 0.2) is 6.07 Å². The number of carbonyl (C=O) groups excluding carboxylic acids is 1. The monoisotopic (exact) mass is 238 g/mol. The van der Waals surface area contributed by atoms with Crippen LogP contribution in [0.4, 0.5) is 0 Å². The minimum absolute atomic E-state index is 0.0524. The third-order valence-electron chi connectivity index (χ3n) is 2.63. The van der Waals surface area contributed by atoms with E-state index in [0.29, 0.717) is 17.7 Å². The van der Waals surface area contributed by atoms with E-state index in [0.717, 1.165) is 12.0 Å². The lowest BCUT2D eigenvalue weighted by Crippen LogP contribution is -2.04. The number of carbonyl (C=O) groups is 1. The van der Waals surface area contributed by atoms with E-state index in [2.05, 4.69) is 0 Å². The molecule has 4 nitrogen and oxygen atoms in total. The SMILES string of the molecule is CCCc1c(C(C)=O)cc(OC)c(O)c1OC. The molecule has 0 saturated carbocycles. The maximum absolute atomic E-state index is 11.6. The average molecular weight is 238 g/mol. The van der Waals surface area contributed by atoms with Crippen LogP contribution in [-0.4, -0.2) is 25.1 Å². The molecule has 94 valence electrons. The molecule has 0 fully saturated rings. The van der Waals surface area contributed by atoms with Crippen molar-refractivity contribution in [2.75, 3.05) is 14.2 Å². The lowest BCUT2D eigenvalue weighted by Gasteiger charge is -2.16. The van der Waals surface area contributed by atoms with Crippen molar-refractivity contribution in [2.45, 2.75) is 26.7 Å². The highest BCUT2D eigenvalue weighted by atomic mass is 16.5. The number of hydrogen-bond donors (Lipinski definition) is 1. The first kappa shape index (κ1) is 13.4. The van der Waals surface area contributed by atoms with Gasteiger partial charge in [-0.1, -0.05) is 13.3 Å². The van der Waals surface area contributed by atoms with Crippen molar-refractivity contribution in [3.05, 3.63) is 17.2 Å². The summed E-state index contributed by atoms with van der Waals surface area (Å²) in [6, 6.07) is 1.56. The average Bonchev–Trinajstić information content (AvgIpc) is 2.29. The Labute approximate surface area is 101 Å². The summed E-state index contributed by atoms with van der Waals surface area (Å²) in [5, 5.41) is 9.94. The van der Waals surface area contributed by atoms with Gasteiger partial charge in [0.05, 0.1) is 14.2 Å². The van der Waals surface area contributed by atoms with Crippen LogP contribution in [0.1, 0.15) is 36.2 Å². The molecule has 0 aliphatic carbocycles. The summed E-state index contributed by atoms with van der Waals surface area (Å²) in [4.78, 5) is 11.6. The number of phenols is 1. The molecule has 0 saturated heterocycles. The van der Waals surface area contributed by atoms with Gasteiger partial charge in [-0.25, -0.2) is 0 Å². The Kier molecular flexibility index (Phi) is 4.37. The van der Waals surface area contributed by atoms with Crippen molar-refractivity contribution < 1.29 is 19.4 Å². The molecule has 0 unspecified atom stereocenters. The Morgan fingerprint density at radius 1 is 1.35 bits per heavy atom. The van der Waals surface area contributed by atoms with Gasteiger partial charge in [-0.3, -0.25) is 4.79 Å². The molecule has 0 aliphatic heterocycles. The molecule has 0 heterocycles. The van der Waals surface area contributed by atoms with E-state index in [-0.39, 0.29) is 17.3 Å². The number of methoxy groups -OCH3 is 2. The maximum Gasteiger partial charge on any atom is 0.201 e. The van der Waals surface area contributed by atoms with Crippen LogP contribution < -0.4 is 9.47 Å². The molecule has 0 spiro atoms. The number of aromatic hydroxyl groups is 1. The highest BCUT2D eigenvalue weighted by Crippen LogP contribution is 2.41. The Bertz CT molecular complexity index is 424. The number of ketones is 1. The van der Waals surface area contributed by atoms with E-state index in [1.54, 1.807) is 6.07 Å². The fourth-order valence-electron chi connectivity index (χ4n) is 1.85. The molecule has 0 atom stereocenters. The van der Waals surface area contributed by atoms with Crippen molar-refractivity contribution in [1.29, 1.82) is 0 Å². The molecule has 1 aromatic rings. The predicted octanol–water partition coefficient (Wildman–Crippen LogP) is 2.56. The number of hydrogen-bond acceptors (Lipinski definition) is 4. The molecular formula is C13H18O4. The highest BCUT2D eigenvalue weighted by Gasteiger charge is 2.20. The molecule has 4 heteroatoms. The summed E-state index contributed by atoms with van der Waals surface area (Å²) in [7, 11) is 2.91. The van der Waals surface area contributed by atoms with Crippen LogP contribution in [0, 0.1) is 0 Å². The number of rotatable bonds is 5. The Balaban J connectivity index is 3.51. The summed E-state index contributed by atoms with van der Waals surface area (Å²) in [5.74, 6) is 0.469. The zero-order valence-electron chi connectivity index (χ0n) is 10.7. The number of Topliss-reactive ketones (excluding diaryl/α,β-unsaturated/α-hetero) is 1. The fourth-order valence-corrected chi connectivity index (χ4v) is 1.85. The molecule has 0 aromatic heterocycles. The van der Waals surface area contributed by atoms with Crippen LogP contribution in [0.5, 0.6) is 17.2 Å². The van der Waals surface area contributed by atoms with Gasteiger partial charge in [0.1, 0.15) is 0 Å². The summed E-state index contributed by atoms with van der Waals surface area (Å²) < 4.78 is 10.2. The van der Waals surface area contributed by atoms with Gasteiger partial charge in [0, 0.05) is 11.1 Å². The van der Waals surface area contributed by atoms with E-state index in [9.17, 15) is 9.90 Å². The van der Waals surface area contributed by atoms with Crippen molar-refractivity contribution >= 4 is 5.78 Å². The van der Waals surface area contributed by atoms with Crippen molar-refractivity contribution in [3.8, 4) is 17.2 Å². The van der Waals surface area contributed by atoms with Gasteiger partial charge in [-0.05, 0) is 19.4 Å². The third kappa shape index (κ3) is 2.52.